The number of carbonyl (C=O) groups is 1. The second kappa shape index (κ2) is 16.5. The number of halogens is 2. The Morgan fingerprint density at radius 3 is 1.92 bits per heavy atom. The molecule has 11 nitrogen and oxygen atoms in total. The van der Waals surface area contributed by atoms with E-state index >= 15 is 0 Å². The van der Waals surface area contributed by atoms with Crippen LogP contribution in [0.15, 0.2) is 155 Å². The molecule has 0 radical (unpaired) electrons. The highest BCUT2D eigenvalue weighted by Gasteiger charge is 2.41. The van der Waals surface area contributed by atoms with Crippen molar-refractivity contribution in [2.45, 2.75) is 28.7 Å². The molecule has 0 saturated carbocycles. The first-order valence-corrected chi connectivity index (χ1v) is 21.0. The molecule has 0 bridgehead atoms. The van der Waals surface area contributed by atoms with Crippen molar-refractivity contribution in [3.63, 3.8) is 0 Å². The zero-order valence-electron chi connectivity index (χ0n) is 32.5. The lowest BCUT2D eigenvalue weighted by molar-refractivity contribution is -0.385. The van der Waals surface area contributed by atoms with Crippen molar-refractivity contribution in [3.05, 3.63) is 190 Å². The van der Waals surface area contributed by atoms with E-state index < -0.39 is 48.4 Å². The number of hydrogen-bond acceptors (Lipinski definition) is 8. The van der Waals surface area contributed by atoms with E-state index in [1.54, 1.807) is 10.7 Å². The molecule has 0 spiro atoms. The van der Waals surface area contributed by atoms with Gasteiger partial charge in [0.25, 0.3) is 11.6 Å². The number of fused-ring (bicyclic) bond motifs is 1. The van der Waals surface area contributed by atoms with Crippen LogP contribution >= 0.6 is 0 Å². The second-order valence-corrected chi connectivity index (χ2v) is 16.5. The summed E-state index contributed by atoms with van der Waals surface area (Å²) in [6, 6.07) is 39.3. The zero-order chi connectivity index (χ0) is 42.0. The van der Waals surface area contributed by atoms with Gasteiger partial charge >= 0.3 is 0 Å². The molecule has 1 fully saturated rings. The van der Waals surface area contributed by atoms with E-state index in [1.807, 2.05) is 91.0 Å². The van der Waals surface area contributed by atoms with Crippen molar-refractivity contribution < 1.29 is 26.9 Å². The van der Waals surface area contributed by atoms with Gasteiger partial charge in [0.15, 0.2) is 5.82 Å². The number of amides is 1. The lowest BCUT2D eigenvalue weighted by Crippen LogP contribution is -2.38. The maximum absolute atomic E-state index is 14.4. The number of aromatic nitrogens is 2. The van der Waals surface area contributed by atoms with E-state index in [0.29, 0.717) is 30.4 Å². The molecule has 7 aromatic rings. The number of hydrogen-bond donors (Lipinski definition) is 1. The molecule has 0 atom stereocenters. The van der Waals surface area contributed by atoms with Crippen molar-refractivity contribution in [2.24, 2.45) is 0 Å². The normalized spacial score (nSPS) is 13.9. The van der Waals surface area contributed by atoms with E-state index in [4.69, 9.17) is 5.10 Å². The number of sulfone groups is 1. The minimum atomic E-state index is -4.52. The van der Waals surface area contributed by atoms with Gasteiger partial charge in [-0.2, -0.15) is 5.10 Å². The van der Waals surface area contributed by atoms with Crippen LogP contribution in [-0.2, 0) is 15.4 Å². The zero-order valence-corrected chi connectivity index (χ0v) is 33.4. The van der Waals surface area contributed by atoms with E-state index in [-0.39, 0.29) is 21.7 Å². The van der Waals surface area contributed by atoms with Gasteiger partial charge in [0.1, 0.15) is 22.7 Å². The van der Waals surface area contributed by atoms with Gasteiger partial charge < -0.3 is 15.1 Å². The van der Waals surface area contributed by atoms with E-state index in [9.17, 15) is 32.1 Å². The highest BCUT2D eigenvalue weighted by molar-refractivity contribution is 7.91. The predicted molar refractivity (Wildman–Crippen MR) is 226 cm³/mol. The van der Waals surface area contributed by atoms with Crippen LogP contribution < -0.4 is 10.2 Å². The van der Waals surface area contributed by atoms with Gasteiger partial charge in [-0.1, -0.05) is 97.9 Å². The first-order chi connectivity index (χ1) is 29.0. The summed E-state index contributed by atoms with van der Waals surface area (Å²) in [6.45, 7) is 6.07. The molecule has 1 aromatic heterocycles. The Bertz CT molecular complexity index is 2710. The summed E-state index contributed by atoms with van der Waals surface area (Å²) in [6.07, 6.45) is 0.877. The molecule has 0 aliphatic carbocycles. The SMILES string of the molecule is CCN1CCCN(c2ccc(C(=O)Nc3nn(C(c4ccccc4)(c4ccccc4)c4ccccc4)c4ccc(S(=O)(=O)c5cc(F)cc(F)c5)cc34)c([N+](=O)[O-])c2)CC1. The summed E-state index contributed by atoms with van der Waals surface area (Å²) in [5, 5.41) is 20.6. The van der Waals surface area contributed by atoms with E-state index in [2.05, 4.69) is 22.0 Å². The number of benzene rings is 6. The van der Waals surface area contributed by atoms with Crippen LogP contribution in [0.3, 0.4) is 0 Å². The molecule has 304 valence electrons. The number of nitrogens with one attached hydrogen (secondary N) is 1. The highest BCUT2D eigenvalue weighted by Crippen LogP contribution is 2.44. The van der Waals surface area contributed by atoms with Crippen LogP contribution in [0.4, 0.5) is 26.0 Å². The lowest BCUT2D eigenvalue weighted by atomic mass is 9.77. The maximum atomic E-state index is 14.4. The Labute approximate surface area is 345 Å². The number of anilines is 2. The third-order valence-electron chi connectivity index (χ3n) is 11.1. The summed E-state index contributed by atoms with van der Waals surface area (Å²) in [7, 11) is -4.52. The van der Waals surface area contributed by atoms with Crippen LogP contribution in [0.5, 0.6) is 0 Å². The van der Waals surface area contributed by atoms with Gasteiger partial charge in [-0.15, -0.1) is 0 Å². The Morgan fingerprint density at radius 2 is 1.35 bits per heavy atom. The van der Waals surface area contributed by atoms with Crippen LogP contribution in [0, 0.1) is 21.7 Å². The summed E-state index contributed by atoms with van der Waals surface area (Å²) in [4.78, 5) is 29.8. The van der Waals surface area contributed by atoms with Crippen molar-refractivity contribution in [3.8, 4) is 0 Å². The van der Waals surface area contributed by atoms with Crippen LogP contribution in [0.1, 0.15) is 40.4 Å². The minimum absolute atomic E-state index is 0.102. The molecule has 14 heteroatoms. The molecular weight excluding hydrogens is 787 g/mol. The number of carbonyl (C=O) groups excluding carboxylic acids is 1. The molecule has 1 N–H and O–H groups in total. The summed E-state index contributed by atoms with van der Waals surface area (Å²) < 4.78 is 58.5. The van der Waals surface area contributed by atoms with Gasteiger partial charge in [-0.25, -0.2) is 21.9 Å². The Hall–Kier alpha value is -6.77. The van der Waals surface area contributed by atoms with E-state index in [0.717, 1.165) is 54.9 Å². The largest absolute Gasteiger partial charge is 0.370 e. The van der Waals surface area contributed by atoms with E-state index in [1.165, 1.54) is 30.3 Å². The predicted octanol–water partition coefficient (Wildman–Crippen LogP) is 8.68. The standard InChI is InChI=1S/C46H40F2N6O5S/c1-2-51-23-12-24-52(26-25-51)37-19-21-40(43(30-37)54(56)57)45(55)49-44-41-31-38(60(58,59)39-28-35(47)27-36(48)29-39)20-22-42(41)53(50-44)46(32-13-6-3-7-14-32,33-15-8-4-9-16-33)34-17-10-5-11-18-34/h3-11,13-22,27-31H,2,12,23-26H2,1H3,(H,49,50,55). The summed E-state index contributed by atoms with van der Waals surface area (Å²) in [5.41, 5.74) is 1.46. The first kappa shape index (κ1) is 40.0. The maximum Gasteiger partial charge on any atom is 0.284 e. The molecule has 60 heavy (non-hydrogen) atoms. The highest BCUT2D eigenvalue weighted by atomic mass is 32.2. The summed E-state index contributed by atoms with van der Waals surface area (Å²) in [5.74, 6) is -3.09. The third kappa shape index (κ3) is 7.39. The quantitative estimate of drug-likeness (QED) is 0.0779. The molecule has 6 aromatic carbocycles. The summed E-state index contributed by atoms with van der Waals surface area (Å²) >= 11 is 0. The first-order valence-electron chi connectivity index (χ1n) is 19.5. The molecule has 2 heterocycles. The molecule has 1 aliphatic heterocycles. The Kier molecular flexibility index (Phi) is 11.0. The molecule has 8 rings (SSSR count). The van der Waals surface area contributed by atoms with Crippen molar-refractivity contribution in [1.82, 2.24) is 14.7 Å². The van der Waals surface area contributed by atoms with Crippen LogP contribution in [0.2, 0.25) is 0 Å². The smallest absolute Gasteiger partial charge is 0.284 e. The lowest BCUT2D eigenvalue weighted by Gasteiger charge is -2.37. The average molecular weight is 827 g/mol. The van der Waals surface area contributed by atoms with Gasteiger partial charge in [-0.3, -0.25) is 14.9 Å². The van der Waals surface area contributed by atoms with Crippen molar-refractivity contribution >= 4 is 43.8 Å². The minimum Gasteiger partial charge on any atom is -0.370 e. The molecule has 0 unspecified atom stereocenters. The fourth-order valence-corrected chi connectivity index (χ4v) is 9.44. The third-order valence-corrected chi connectivity index (χ3v) is 12.8. The fourth-order valence-electron chi connectivity index (χ4n) is 8.12. The molecule has 1 saturated heterocycles. The van der Waals surface area contributed by atoms with Gasteiger partial charge in [0.2, 0.25) is 9.84 Å². The van der Waals surface area contributed by atoms with Crippen LogP contribution in [0.25, 0.3) is 10.9 Å². The second-order valence-electron chi connectivity index (χ2n) is 14.5. The monoisotopic (exact) mass is 826 g/mol. The van der Waals surface area contributed by atoms with Gasteiger partial charge in [0.05, 0.1) is 20.2 Å². The Morgan fingerprint density at radius 1 is 0.750 bits per heavy atom. The fraction of sp³-hybridized carbons (Fsp3) is 0.174. The topological polar surface area (TPSA) is 131 Å². The molecule has 1 amide bonds. The van der Waals surface area contributed by atoms with Crippen molar-refractivity contribution in [1.29, 1.82) is 0 Å². The number of nitro groups is 1. The Balaban J connectivity index is 1.33. The number of likely N-dealkylation sites (N-methyl/N-ethyl adjacent to an activating group) is 1. The van der Waals surface area contributed by atoms with Crippen molar-refractivity contribution in [2.75, 3.05) is 42.9 Å². The molecular formula is C46H40F2N6O5S. The molecule has 1 aliphatic rings. The number of nitro benzene ring substituents is 1. The van der Waals surface area contributed by atoms with Gasteiger partial charge in [-0.05, 0) is 78.7 Å². The number of nitrogens with zero attached hydrogens (tertiary/aromatic N) is 5. The average Bonchev–Trinajstić information content (AvgIpc) is 3.43. The number of rotatable bonds is 11. The van der Waals surface area contributed by atoms with Crippen LogP contribution in [-0.4, -0.2) is 66.7 Å². The van der Waals surface area contributed by atoms with Gasteiger partial charge in [0, 0.05) is 42.8 Å².